The van der Waals surface area contributed by atoms with Crippen molar-refractivity contribution >= 4 is 11.9 Å². The van der Waals surface area contributed by atoms with E-state index in [0.29, 0.717) is 6.42 Å². The van der Waals surface area contributed by atoms with Gasteiger partial charge in [-0.05, 0) is 18.1 Å². The summed E-state index contributed by atoms with van der Waals surface area (Å²) in [6.07, 6.45) is 3.59. The van der Waals surface area contributed by atoms with E-state index in [1.54, 1.807) is 12.1 Å². The van der Waals surface area contributed by atoms with Crippen LogP contribution in [-0.4, -0.2) is 11.0 Å². The minimum absolute atomic E-state index is 0.216. The molecule has 0 saturated carbocycles. The van der Waals surface area contributed by atoms with Gasteiger partial charge in [0.15, 0.2) is 11.4 Å². The molecule has 3 heteroatoms. The predicted octanol–water partition coefficient (Wildman–Crippen LogP) is 2.38. The highest BCUT2D eigenvalue weighted by molar-refractivity contribution is 6.03. The summed E-state index contributed by atoms with van der Waals surface area (Å²) in [5, 5.41) is 9.00. The van der Waals surface area contributed by atoms with Gasteiger partial charge >= 0.3 is 0 Å². The summed E-state index contributed by atoms with van der Waals surface area (Å²) in [5.74, 6) is -0.216. The number of carbonyl (C=O) groups excluding carboxylic acids is 1. The average molecular weight is 204 g/mol. The zero-order chi connectivity index (χ0) is 10.9. The predicted molar refractivity (Wildman–Crippen MR) is 56.2 cm³/mol. The first kappa shape index (κ1) is 10.1. The molecule has 0 aliphatic heterocycles. The highest BCUT2D eigenvalue weighted by atomic mass is 17.1. The quantitative estimate of drug-likeness (QED) is 0.594. The molecule has 2 rings (SSSR count). The molecule has 78 valence electrons. The molecular weight excluding hydrogens is 192 g/mol. The van der Waals surface area contributed by atoms with Crippen molar-refractivity contribution in [3.63, 3.8) is 0 Å². The highest BCUT2D eigenvalue weighted by Crippen LogP contribution is 2.36. The number of rotatable bonds is 2. The summed E-state index contributed by atoms with van der Waals surface area (Å²) in [5.41, 5.74) is 0.418. The van der Waals surface area contributed by atoms with Crippen LogP contribution in [0.15, 0.2) is 30.3 Å². The molecule has 0 aromatic heterocycles. The maximum absolute atomic E-state index is 11.8. The van der Waals surface area contributed by atoms with Crippen LogP contribution in [0.25, 0.3) is 6.08 Å². The Labute approximate surface area is 87.9 Å². The Morgan fingerprint density at radius 2 is 2.07 bits per heavy atom. The van der Waals surface area contributed by atoms with Gasteiger partial charge in [0, 0.05) is 5.56 Å². The normalized spacial score (nSPS) is 24.0. The molecule has 1 aromatic carbocycles. The summed E-state index contributed by atoms with van der Waals surface area (Å²) in [6, 6.07) is 7.41. The third-order valence-electron chi connectivity index (χ3n) is 2.86. The molecule has 0 bridgehead atoms. The molecule has 0 saturated heterocycles. The minimum Gasteiger partial charge on any atom is -0.291 e. The first-order chi connectivity index (χ1) is 7.24. The van der Waals surface area contributed by atoms with Crippen LogP contribution in [0.3, 0.4) is 0 Å². The van der Waals surface area contributed by atoms with E-state index in [9.17, 15) is 4.79 Å². The molecule has 0 radical (unpaired) electrons. The molecule has 3 nitrogen and oxygen atoms in total. The van der Waals surface area contributed by atoms with Gasteiger partial charge in [0.2, 0.25) is 0 Å². The van der Waals surface area contributed by atoms with Crippen LogP contribution >= 0.6 is 0 Å². The van der Waals surface area contributed by atoms with Crippen molar-refractivity contribution in [3.8, 4) is 0 Å². The van der Waals surface area contributed by atoms with Gasteiger partial charge in [0.25, 0.3) is 0 Å². The zero-order valence-electron chi connectivity index (χ0n) is 8.43. The Kier molecular flexibility index (Phi) is 2.42. The van der Waals surface area contributed by atoms with Crippen molar-refractivity contribution in [1.82, 2.24) is 0 Å². The van der Waals surface area contributed by atoms with E-state index >= 15 is 0 Å². The maximum atomic E-state index is 11.8. The van der Waals surface area contributed by atoms with Crippen LogP contribution in [0.5, 0.6) is 0 Å². The van der Waals surface area contributed by atoms with Gasteiger partial charge in [-0.3, -0.25) is 10.1 Å². The van der Waals surface area contributed by atoms with Gasteiger partial charge in [0.1, 0.15) is 0 Å². The largest absolute Gasteiger partial charge is 0.291 e. The van der Waals surface area contributed by atoms with Crippen LogP contribution in [0, 0.1) is 0 Å². The molecule has 1 unspecified atom stereocenters. The summed E-state index contributed by atoms with van der Waals surface area (Å²) in [7, 11) is 0. The van der Waals surface area contributed by atoms with E-state index < -0.39 is 5.60 Å². The third kappa shape index (κ3) is 1.32. The Bertz CT molecular complexity index is 417. The van der Waals surface area contributed by atoms with E-state index in [1.807, 2.05) is 25.1 Å². The molecule has 1 aromatic rings. The minimum atomic E-state index is -1.22. The van der Waals surface area contributed by atoms with Crippen molar-refractivity contribution in [2.24, 2.45) is 0 Å². The Balaban J connectivity index is 2.65. The maximum Gasteiger partial charge on any atom is 0.195 e. The first-order valence-electron chi connectivity index (χ1n) is 4.89. The summed E-state index contributed by atoms with van der Waals surface area (Å²) >= 11 is 0. The molecule has 0 fully saturated rings. The summed E-state index contributed by atoms with van der Waals surface area (Å²) in [4.78, 5) is 16.2. The van der Waals surface area contributed by atoms with Gasteiger partial charge in [-0.1, -0.05) is 37.3 Å². The lowest BCUT2D eigenvalue weighted by Crippen LogP contribution is -2.38. The molecule has 1 aliphatic rings. The fraction of sp³-hybridized carbons (Fsp3) is 0.250. The van der Waals surface area contributed by atoms with Crippen molar-refractivity contribution in [1.29, 1.82) is 0 Å². The number of fused-ring (bicyclic) bond motifs is 1. The highest BCUT2D eigenvalue weighted by Gasteiger charge is 2.42. The lowest BCUT2D eigenvalue weighted by Gasteiger charge is -2.30. The van der Waals surface area contributed by atoms with Crippen LogP contribution < -0.4 is 0 Å². The Morgan fingerprint density at radius 1 is 1.33 bits per heavy atom. The third-order valence-corrected chi connectivity index (χ3v) is 2.86. The molecule has 1 N–H and O–H groups in total. The van der Waals surface area contributed by atoms with Gasteiger partial charge in [0.05, 0.1) is 0 Å². The molecular formula is C12H12O3. The lowest BCUT2D eigenvalue weighted by atomic mass is 9.80. The van der Waals surface area contributed by atoms with E-state index in [-0.39, 0.29) is 5.78 Å². The Morgan fingerprint density at radius 3 is 2.73 bits per heavy atom. The molecule has 1 aliphatic carbocycles. The lowest BCUT2D eigenvalue weighted by molar-refractivity contribution is -0.316. The van der Waals surface area contributed by atoms with Crippen LogP contribution in [0.2, 0.25) is 0 Å². The number of ketones is 1. The molecule has 1 atom stereocenters. The van der Waals surface area contributed by atoms with E-state index in [1.165, 1.54) is 6.08 Å². The monoisotopic (exact) mass is 204 g/mol. The standard InChI is InChI=1S/C12H12O3/c1-2-12(15-14)10-6-4-3-5-9(10)7-8-11(12)13/h3-8,14H,2H2,1H3. The van der Waals surface area contributed by atoms with Crippen LogP contribution in [0.4, 0.5) is 0 Å². The van der Waals surface area contributed by atoms with Crippen molar-refractivity contribution < 1.29 is 14.9 Å². The fourth-order valence-corrected chi connectivity index (χ4v) is 1.97. The molecule has 0 heterocycles. The fourth-order valence-electron chi connectivity index (χ4n) is 1.97. The van der Waals surface area contributed by atoms with Gasteiger partial charge in [-0.25, -0.2) is 4.89 Å². The summed E-state index contributed by atoms with van der Waals surface area (Å²) < 4.78 is 0. The first-order valence-corrected chi connectivity index (χ1v) is 4.89. The van der Waals surface area contributed by atoms with Crippen LogP contribution in [0.1, 0.15) is 24.5 Å². The second-order valence-corrected chi connectivity index (χ2v) is 3.56. The summed E-state index contributed by atoms with van der Waals surface area (Å²) in [6.45, 7) is 1.81. The SMILES string of the molecule is CCC1(OO)C(=O)C=Cc2ccccc21. The van der Waals surface area contributed by atoms with E-state index in [4.69, 9.17) is 5.26 Å². The Hall–Kier alpha value is -1.45. The van der Waals surface area contributed by atoms with Crippen molar-refractivity contribution in [3.05, 3.63) is 41.5 Å². The van der Waals surface area contributed by atoms with E-state index in [0.717, 1.165) is 11.1 Å². The molecule has 15 heavy (non-hydrogen) atoms. The van der Waals surface area contributed by atoms with Crippen molar-refractivity contribution in [2.75, 3.05) is 0 Å². The second-order valence-electron chi connectivity index (χ2n) is 3.56. The zero-order valence-corrected chi connectivity index (χ0v) is 8.43. The topological polar surface area (TPSA) is 46.5 Å². The molecule has 0 amide bonds. The smallest absolute Gasteiger partial charge is 0.195 e. The van der Waals surface area contributed by atoms with Gasteiger partial charge in [-0.2, -0.15) is 0 Å². The second kappa shape index (κ2) is 3.61. The number of hydrogen-bond acceptors (Lipinski definition) is 3. The number of carbonyl (C=O) groups is 1. The van der Waals surface area contributed by atoms with Crippen molar-refractivity contribution in [2.45, 2.75) is 18.9 Å². The number of hydrogen-bond donors (Lipinski definition) is 1. The van der Waals surface area contributed by atoms with E-state index in [2.05, 4.69) is 4.89 Å². The van der Waals surface area contributed by atoms with Gasteiger partial charge in [-0.15, -0.1) is 0 Å². The van der Waals surface area contributed by atoms with Gasteiger partial charge < -0.3 is 0 Å². The van der Waals surface area contributed by atoms with Crippen LogP contribution in [-0.2, 0) is 15.3 Å². The number of benzene rings is 1. The average Bonchev–Trinajstić information content (AvgIpc) is 2.30. The molecule has 0 spiro atoms.